The Hall–Kier alpha value is -2.60. The second-order valence-electron chi connectivity index (χ2n) is 10.4. The average Bonchev–Trinajstić information content (AvgIpc) is 3.45. The first-order chi connectivity index (χ1) is 16.1. The van der Waals surface area contributed by atoms with Crippen LogP contribution in [0.5, 0.6) is 0 Å². The van der Waals surface area contributed by atoms with E-state index in [0.717, 1.165) is 31.6 Å². The summed E-state index contributed by atoms with van der Waals surface area (Å²) >= 11 is 0. The molecule has 0 N–H and O–H groups in total. The topological polar surface area (TPSA) is 0 Å². The van der Waals surface area contributed by atoms with E-state index in [-0.39, 0.29) is 0 Å². The molecule has 5 rings (SSSR count). The van der Waals surface area contributed by atoms with E-state index in [1.807, 2.05) is 0 Å². The molecule has 0 radical (unpaired) electrons. The molecule has 170 valence electrons. The fraction of sp³-hybridized carbons (Fsp3) is 0.394. The third-order valence-corrected chi connectivity index (χ3v) is 8.05. The van der Waals surface area contributed by atoms with Crippen molar-refractivity contribution in [3.63, 3.8) is 0 Å². The largest absolute Gasteiger partial charge is 0.0949 e. The van der Waals surface area contributed by atoms with Crippen molar-refractivity contribution < 1.29 is 0 Å². The fourth-order valence-corrected chi connectivity index (χ4v) is 6.32. The van der Waals surface area contributed by atoms with Crippen LogP contribution in [0.15, 0.2) is 71.8 Å². The van der Waals surface area contributed by atoms with Crippen LogP contribution in [0, 0.1) is 12.8 Å². The lowest BCUT2D eigenvalue weighted by atomic mass is 9.84. The highest BCUT2D eigenvalue weighted by Crippen LogP contribution is 2.40. The summed E-state index contributed by atoms with van der Waals surface area (Å²) in [6.45, 7) is 9.01. The second-order valence-corrected chi connectivity index (χ2v) is 10.4. The monoisotopic (exact) mass is 434 g/mol. The van der Waals surface area contributed by atoms with Crippen molar-refractivity contribution in [2.45, 2.75) is 78.1 Å². The number of fused-ring (bicyclic) bond motifs is 1. The van der Waals surface area contributed by atoms with Crippen LogP contribution < -0.4 is 0 Å². The fourth-order valence-electron chi connectivity index (χ4n) is 6.32. The number of hydrogen-bond acceptors (Lipinski definition) is 0. The van der Waals surface area contributed by atoms with Crippen molar-refractivity contribution in [3.05, 3.63) is 105 Å². The summed E-state index contributed by atoms with van der Waals surface area (Å²) in [7, 11) is 0. The van der Waals surface area contributed by atoms with Crippen molar-refractivity contribution in [1.29, 1.82) is 0 Å². The summed E-state index contributed by atoms with van der Waals surface area (Å²) in [5.74, 6) is 0.897. The Labute approximate surface area is 200 Å². The molecule has 33 heavy (non-hydrogen) atoms. The van der Waals surface area contributed by atoms with Gasteiger partial charge < -0.3 is 0 Å². The van der Waals surface area contributed by atoms with Crippen molar-refractivity contribution in [2.75, 3.05) is 0 Å². The van der Waals surface area contributed by atoms with Crippen LogP contribution in [-0.2, 0) is 19.3 Å². The molecule has 0 amide bonds. The zero-order valence-corrected chi connectivity index (χ0v) is 20.6. The summed E-state index contributed by atoms with van der Waals surface area (Å²) in [6, 6.07) is 13.9. The molecule has 1 saturated carbocycles. The zero-order valence-electron chi connectivity index (χ0n) is 20.6. The lowest BCUT2D eigenvalue weighted by Crippen LogP contribution is -2.09. The molecule has 0 heterocycles. The molecule has 0 atom stereocenters. The minimum atomic E-state index is 0.897. The van der Waals surface area contributed by atoms with Gasteiger partial charge >= 0.3 is 0 Å². The highest BCUT2D eigenvalue weighted by molar-refractivity contribution is 5.76. The van der Waals surface area contributed by atoms with Gasteiger partial charge in [0.05, 0.1) is 0 Å². The first-order valence-electron chi connectivity index (χ1n) is 13.1. The highest BCUT2D eigenvalue weighted by atomic mass is 14.3. The first-order valence-corrected chi connectivity index (χ1v) is 13.1. The zero-order chi connectivity index (χ0) is 22.8. The molecule has 2 aromatic carbocycles. The maximum Gasteiger partial charge on any atom is -0.00137 e. The molecule has 0 bridgehead atoms. The van der Waals surface area contributed by atoms with E-state index >= 15 is 0 Å². The van der Waals surface area contributed by atoms with E-state index in [1.165, 1.54) is 94.2 Å². The molecule has 0 spiro atoms. The SMILES string of the molecule is C=C(CC1=CCC=C1C1=Cc2cc(CC3CCCCC3)ccc2C1)c1c(C)cccc1CC. The smallest absolute Gasteiger partial charge is 0.00137 e. The van der Waals surface area contributed by atoms with Gasteiger partial charge in [0.2, 0.25) is 0 Å². The van der Waals surface area contributed by atoms with E-state index in [4.69, 9.17) is 0 Å². The average molecular weight is 435 g/mol. The Bertz CT molecular complexity index is 1140. The third-order valence-electron chi connectivity index (χ3n) is 8.05. The van der Waals surface area contributed by atoms with Crippen molar-refractivity contribution in [2.24, 2.45) is 5.92 Å². The number of rotatable bonds is 7. The molecular weight excluding hydrogens is 396 g/mol. The van der Waals surface area contributed by atoms with E-state index in [1.54, 1.807) is 0 Å². The molecule has 0 aliphatic heterocycles. The van der Waals surface area contributed by atoms with Crippen LogP contribution in [0.1, 0.15) is 85.3 Å². The second kappa shape index (κ2) is 9.72. The molecule has 3 aliphatic rings. The Morgan fingerprint density at radius 2 is 1.88 bits per heavy atom. The minimum Gasteiger partial charge on any atom is -0.0949 e. The molecular formula is C33H38. The Kier molecular flexibility index (Phi) is 6.54. The van der Waals surface area contributed by atoms with E-state index in [2.05, 4.69) is 75.1 Å². The highest BCUT2D eigenvalue weighted by Gasteiger charge is 2.22. The van der Waals surface area contributed by atoms with Crippen molar-refractivity contribution in [3.8, 4) is 0 Å². The number of benzene rings is 2. The van der Waals surface area contributed by atoms with Gasteiger partial charge in [0.15, 0.2) is 0 Å². The molecule has 1 fully saturated rings. The molecule has 0 unspecified atom stereocenters. The number of allylic oxidation sites excluding steroid dienone is 6. The van der Waals surface area contributed by atoms with Crippen LogP contribution in [0.3, 0.4) is 0 Å². The van der Waals surface area contributed by atoms with Crippen LogP contribution in [0.4, 0.5) is 0 Å². The van der Waals surface area contributed by atoms with Crippen LogP contribution >= 0.6 is 0 Å². The molecule has 0 nitrogen and oxygen atoms in total. The molecule has 0 aromatic heterocycles. The van der Waals surface area contributed by atoms with E-state index in [0.29, 0.717) is 0 Å². The van der Waals surface area contributed by atoms with Crippen LogP contribution in [0.2, 0.25) is 0 Å². The lowest BCUT2D eigenvalue weighted by Gasteiger charge is -2.21. The van der Waals surface area contributed by atoms with Crippen LogP contribution in [-0.4, -0.2) is 0 Å². The van der Waals surface area contributed by atoms with Gasteiger partial charge in [-0.05, 0) is 101 Å². The van der Waals surface area contributed by atoms with Gasteiger partial charge in [-0.15, -0.1) is 0 Å². The predicted octanol–water partition coefficient (Wildman–Crippen LogP) is 8.98. The Morgan fingerprint density at radius 3 is 2.70 bits per heavy atom. The number of hydrogen-bond donors (Lipinski definition) is 0. The minimum absolute atomic E-state index is 0.897. The summed E-state index contributed by atoms with van der Waals surface area (Å²) in [4.78, 5) is 0. The summed E-state index contributed by atoms with van der Waals surface area (Å²) < 4.78 is 0. The summed E-state index contributed by atoms with van der Waals surface area (Å²) in [6.07, 6.45) is 19.8. The quantitative estimate of drug-likeness (QED) is 0.408. The lowest BCUT2D eigenvalue weighted by molar-refractivity contribution is 0.356. The van der Waals surface area contributed by atoms with Gasteiger partial charge in [-0.1, -0.05) is 100 Å². The first kappa shape index (κ1) is 22.2. The molecule has 0 heteroatoms. The van der Waals surface area contributed by atoms with Gasteiger partial charge in [0.25, 0.3) is 0 Å². The van der Waals surface area contributed by atoms with Gasteiger partial charge in [-0.3, -0.25) is 0 Å². The predicted molar refractivity (Wildman–Crippen MR) is 143 cm³/mol. The van der Waals surface area contributed by atoms with Gasteiger partial charge in [0.1, 0.15) is 0 Å². The third kappa shape index (κ3) is 4.72. The van der Waals surface area contributed by atoms with Crippen molar-refractivity contribution in [1.82, 2.24) is 0 Å². The van der Waals surface area contributed by atoms with E-state index in [9.17, 15) is 0 Å². The standard InChI is InChI=1S/C33H38/c1-4-27-13-8-10-23(2)33(27)24(3)18-29-14-9-15-32(29)31-21-28-17-16-26(20-30(28)22-31)19-25-11-6-5-7-12-25/h8,10,13-17,20,22,25H,3-7,9,11-12,18-19,21H2,1-2H3. The van der Waals surface area contributed by atoms with Gasteiger partial charge in [-0.25, -0.2) is 0 Å². The Morgan fingerprint density at radius 1 is 1.03 bits per heavy atom. The summed E-state index contributed by atoms with van der Waals surface area (Å²) in [5, 5.41) is 0. The van der Waals surface area contributed by atoms with E-state index < -0.39 is 0 Å². The normalized spacial score (nSPS) is 18.1. The van der Waals surface area contributed by atoms with Crippen LogP contribution in [0.25, 0.3) is 11.6 Å². The number of aryl methyl sites for hydroxylation is 2. The van der Waals surface area contributed by atoms with Gasteiger partial charge in [-0.2, -0.15) is 0 Å². The maximum absolute atomic E-state index is 4.54. The molecule has 3 aliphatic carbocycles. The molecule has 0 saturated heterocycles. The van der Waals surface area contributed by atoms with Gasteiger partial charge in [0, 0.05) is 0 Å². The van der Waals surface area contributed by atoms with Crippen molar-refractivity contribution >= 4 is 11.6 Å². The maximum atomic E-state index is 4.54. The Balaban J connectivity index is 1.31. The molecule has 2 aromatic rings. The summed E-state index contributed by atoms with van der Waals surface area (Å²) in [5.41, 5.74) is 14.3.